The standard InChI is InChI=1S/C15H20FNO4S/c1-3-4-7-21-11-5-6-13(14(16)8-11)15(18)17-9-12(10-17)22(2,19)20/h5-6,8,12H,3-4,7,9-10H2,1-2H3. The molecule has 0 saturated carbocycles. The summed E-state index contributed by atoms with van der Waals surface area (Å²) >= 11 is 0. The number of amides is 1. The van der Waals surface area contributed by atoms with Gasteiger partial charge in [-0.05, 0) is 18.6 Å². The lowest BCUT2D eigenvalue weighted by Crippen LogP contribution is -2.56. The number of rotatable bonds is 6. The molecule has 1 aromatic rings. The van der Waals surface area contributed by atoms with E-state index < -0.39 is 26.8 Å². The second-order valence-corrected chi connectivity index (χ2v) is 7.83. The van der Waals surface area contributed by atoms with E-state index in [4.69, 9.17) is 4.74 Å². The fourth-order valence-electron chi connectivity index (χ4n) is 2.14. The molecular formula is C15H20FNO4S. The molecule has 0 aliphatic carbocycles. The van der Waals surface area contributed by atoms with E-state index in [-0.39, 0.29) is 18.7 Å². The number of hydrogen-bond acceptors (Lipinski definition) is 4. The summed E-state index contributed by atoms with van der Waals surface area (Å²) in [5.74, 6) is -0.751. The van der Waals surface area contributed by atoms with Crippen LogP contribution in [-0.2, 0) is 9.84 Å². The summed E-state index contributed by atoms with van der Waals surface area (Å²) in [6.45, 7) is 2.77. The van der Waals surface area contributed by atoms with Crippen LogP contribution in [0.5, 0.6) is 5.75 Å². The molecule has 0 spiro atoms. The quantitative estimate of drug-likeness (QED) is 0.748. The van der Waals surface area contributed by atoms with Gasteiger partial charge in [-0.2, -0.15) is 0 Å². The predicted octanol–water partition coefficient (Wildman–Crippen LogP) is 1.87. The third-order valence-corrected chi connectivity index (χ3v) is 5.19. The van der Waals surface area contributed by atoms with Crippen LogP contribution in [-0.4, -0.2) is 50.4 Å². The molecule has 122 valence electrons. The predicted molar refractivity (Wildman–Crippen MR) is 81.3 cm³/mol. The van der Waals surface area contributed by atoms with E-state index in [1.54, 1.807) is 6.07 Å². The van der Waals surface area contributed by atoms with Crippen LogP contribution >= 0.6 is 0 Å². The Morgan fingerprint density at radius 3 is 2.64 bits per heavy atom. The summed E-state index contributed by atoms with van der Waals surface area (Å²) in [4.78, 5) is 13.5. The Bertz CT molecular complexity index is 654. The number of sulfone groups is 1. The number of carbonyl (C=O) groups is 1. The third-order valence-electron chi connectivity index (χ3n) is 3.68. The van der Waals surface area contributed by atoms with Crippen molar-refractivity contribution in [3.8, 4) is 5.75 Å². The van der Waals surface area contributed by atoms with Gasteiger partial charge in [0.2, 0.25) is 0 Å². The summed E-state index contributed by atoms with van der Waals surface area (Å²) in [5, 5.41) is -0.545. The Kier molecular flexibility index (Phi) is 5.05. The molecule has 1 amide bonds. The molecule has 0 bridgehead atoms. The number of halogens is 1. The maximum atomic E-state index is 14.0. The number of unbranched alkanes of at least 4 members (excludes halogenated alkanes) is 1. The van der Waals surface area contributed by atoms with Gasteiger partial charge in [-0.15, -0.1) is 0 Å². The molecular weight excluding hydrogens is 309 g/mol. The first-order chi connectivity index (χ1) is 10.3. The van der Waals surface area contributed by atoms with E-state index in [9.17, 15) is 17.6 Å². The zero-order valence-corrected chi connectivity index (χ0v) is 13.5. The molecule has 1 aliphatic heterocycles. The van der Waals surface area contributed by atoms with Crippen molar-refractivity contribution in [2.75, 3.05) is 26.0 Å². The number of hydrogen-bond donors (Lipinski definition) is 0. The minimum atomic E-state index is -3.15. The summed E-state index contributed by atoms with van der Waals surface area (Å²) in [6.07, 6.45) is 3.00. The molecule has 1 saturated heterocycles. The Morgan fingerprint density at radius 2 is 2.09 bits per heavy atom. The Hall–Kier alpha value is -1.63. The van der Waals surface area contributed by atoms with Gasteiger partial charge in [0.25, 0.3) is 5.91 Å². The van der Waals surface area contributed by atoms with E-state index in [1.807, 2.05) is 6.92 Å². The van der Waals surface area contributed by atoms with Gasteiger partial charge < -0.3 is 9.64 Å². The van der Waals surface area contributed by atoms with E-state index in [2.05, 4.69) is 0 Å². The Balaban J connectivity index is 1.99. The number of benzene rings is 1. The maximum Gasteiger partial charge on any atom is 0.256 e. The number of nitrogens with zero attached hydrogens (tertiary/aromatic N) is 1. The zero-order chi connectivity index (χ0) is 16.3. The van der Waals surface area contributed by atoms with Gasteiger partial charge in [0.1, 0.15) is 11.6 Å². The molecule has 0 N–H and O–H groups in total. The van der Waals surface area contributed by atoms with Crippen molar-refractivity contribution in [1.29, 1.82) is 0 Å². The molecule has 1 aliphatic rings. The van der Waals surface area contributed by atoms with Gasteiger partial charge in [-0.1, -0.05) is 13.3 Å². The average Bonchev–Trinajstić information content (AvgIpc) is 2.35. The van der Waals surface area contributed by atoms with Crippen LogP contribution in [0, 0.1) is 5.82 Å². The van der Waals surface area contributed by atoms with Crippen LogP contribution in [0.15, 0.2) is 18.2 Å². The van der Waals surface area contributed by atoms with E-state index in [0.29, 0.717) is 12.4 Å². The molecule has 0 atom stereocenters. The van der Waals surface area contributed by atoms with Gasteiger partial charge >= 0.3 is 0 Å². The molecule has 5 nitrogen and oxygen atoms in total. The summed E-state index contributed by atoms with van der Waals surface area (Å²) in [7, 11) is -3.15. The minimum Gasteiger partial charge on any atom is -0.493 e. The first kappa shape index (κ1) is 16.7. The summed E-state index contributed by atoms with van der Waals surface area (Å²) in [5.41, 5.74) is -0.0604. The fraction of sp³-hybridized carbons (Fsp3) is 0.533. The van der Waals surface area contributed by atoms with Crippen molar-refractivity contribution >= 4 is 15.7 Å². The van der Waals surface area contributed by atoms with Crippen LogP contribution < -0.4 is 4.74 Å². The SMILES string of the molecule is CCCCOc1ccc(C(=O)N2CC(S(C)(=O)=O)C2)c(F)c1. The van der Waals surface area contributed by atoms with Crippen LogP contribution in [0.25, 0.3) is 0 Å². The number of ether oxygens (including phenoxy) is 1. The van der Waals surface area contributed by atoms with Crippen LogP contribution in [0.1, 0.15) is 30.1 Å². The second-order valence-electron chi connectivity index (χ2n) is 5.51. The molecule has 0 aromatic heterocycles. The topological polar surface area (TPSA) is 63.7 Å². The first-order valence-corrected chi connectivity index (χ1v) is 9.19. The van der Waals surface area contributed by atoms with Crippen molar-refractivity contribution in [2.45, 2.75) is 25.0 Å². The Morgan fingerprint density at radius 1 is 1.41 bits per heavy atom. The van der Waals surface area contributed by atoms with Gasteiger partial charge in [0, 0.05) is 25.4 Å². The molecule has 7 heteroatoms. The van der Waals surface area contributed by atoms with Crippen LogP contribution in [0.2, 0.25) is 0 Å². The third kappa shape index (κ3) is 3.76. The highest BCUT2D eigenvalue weighted by Gasteiger charge is 2.38. The van der Waals surface area contributed by atoms with E-state index >= 15 is 0 Å². The highest BCUT2D eigenvalue weighted by atomic mass is 32.2. The fourth-order valence-corrected chi connectivity index (χ4v) is 3.04. The largest absolute Gasteiger partial charge is 0.493 e. The van der Waals surface area contributed by atoms with Crippen molar-refractivity contribution < 1.29 is 22.3 Å². The van der Waals surface area contributed by atoms with E-state index in [0.717, 1.165) is 19.1 Å². The number of carbonyl (C=O) groups excluding carboxylic acids is 1. The lowest BCUT2D eigenvalue weighted by Gasteiger charge is -2.38. The minimum absolute atomic E-state index is 0.0604. The molecule has 0 radical (unpaired) electrons. The van der Waals surface area contributed by atoms with Crippen LogP contribution in [0.4, 0.5) is 4.39 Å². The van der Waals surface area contributed by atoms with Crippen molar-refractivity contribution in [3.63, 3.8) is 0 Å². The molecule has 1 aromatic carbocycles. The Labute approximate surface area is 130 Å². The maximum absolute atomic E-state index is 14.0. The first-order valence-electron chi connectivity index (χ1n) is 7.23. The van der Waals surface area contributed by atoms with Crippen molar-refractivity contribution in [2.24, 2.45) is 0 Å². The summed E-state index contributed by atoms with van der Waals surface area (Å²) in [6, 6.07) is 4.13. The van der Waals surface area contributed by atoms with Gasteiger partial charge in [-0.3, -0.25) is 4.79 Å². The number of likely N-dealkylation sites (tertiary alicyclic amines) is 1. The van der Waals surface area contributed by atoms with Gasteiger partial charge in [0.05, 0.1) is 17.4 Å². The smallest absolute Gasteiger partial charge is 0.256 e. The molecule has 0 unspecified atom stereocenters. The molecule has 2 rings (SSSR count). The van der Waals surface area contributed by atoms with Crippen molar-refractivity contribution in [3.05, 3.63) is 29.6 Å². The normalized spacial score (nSPS) is 15.5. The second kappa shape index (κ2) is 6.64. The molecule has 22 heavy (non-hydrogen) atoms. The zero-order valence-electron chi connectivity index (χ0n) is 12.7. The van der Waals surface area contributed by atoms with Gasteiger partial charge in [0.15, 0.2) is 9.84 Å². The highest BCUT2D eigenvalue weighted by Crippen LogP contribution is 2.22. The van der Waals surface area contributed by atoms with E-state index in [1.165, 1.54) is 17.0 Å². The summed E-state index contributed by atoms with van der Waals surface area (Å²) < 4.78 is 42.0. The van der Waals surface area contributed by atoms with Crippen molar-refractivity contribution in [1.82, 2.24) is 4.90 Å². The van der Waals surface area contributed by atoms with Crippen LogP contribution in [0.3, 0.4) is 0 Å². The molecule has 1 heterocycles. The average molecular weight is 329 g/mol. The lowest BCUT2D eigenvalue weighted by atomic mass is 10.1. The highest BCUT2D eigenvalue weighted by molar-refractivity contribution is 7.91. The lowest BCUT2D eigenvalue weighted by molar-refractivity contribution is 0.0654. The monoisotopic (exact) mass is 329 g/mol. The molecule has 1 fully saturated rings. The van der Waals surface area contributed by atoms with Gasteiger partial charge in [-0.25, -0.2) is 12.8 Å².